The normalized spacial score (nSPS) is 21.1. The number of thioether (sulfide) groups is 1. The molecule has 1 aromatic carbocycles. The highest BCUT2D eigenvalue weighted by Gasteiger charge is 2.40. The van der Waals surface area contributed by atoms with Gasteiger partial charge >= 0.3 is 11.9 Å². The van der Waals surface area contributed by atoms with Gasteiger partial charge in [-0.3, -0.25) is 4.79 Å². The van der Waals surface area contributed by atoms with Gasteiger partial charge in [0.1, 0.15) is 6.04 Å². The van der Waals surface area contributed by atoms with Crippen molar-refractivity contribution in [2.45, 2.75) is 24.8 Å². The maximum atomic E-state index is 12.2. The predicted octanol–water partition coefficient (Wildman–Crippen LogP) is 1.80. The van der Waals surface area contributed by atoms with Gasteiger partial charge in [-0.05, 0) is 18.6 Å². The zero-order chi connectivity index (χ0) is 14.5. The van der Waals surface area contributed by atoms with Crippen molar-refractivity contribution < 1.29 is 14.7 Å². The van der Waals surface area contributed by atoms with E-state index in [4.69, 9.17) is 0 Å². The molecule has 20 heavy (non-hydrogen) atoms. The Balaban J connectivity index is 2.18. The van der Waals surface area contributed by atoms with E-state index in [2.05, 4.69) is 11.8 Å². The molecule has 0 saturated carbocycles. The molecule has 1 amide bonds. The quantitative estimate of drug-likeness (QED) is 0.844. The summed E-state index contributed by atoms with van der Waals surface area (Å²) >= 11 is 1.49. The molecule has 2 atom stereocenters. The lowest BCUT2D eigenvalue weighted by atomic mass is 10.2. The predicted molar refractivity (Wildman–Crippen MR) is 78.1 cm³/mol. The second kappa shape index (κ2) is 6.49. The molecule has 1 N–H and O–H groups in total. The molecule has 0 aromatic heterocycles. The highest BCUT2D eigenvalue weighted by atomic mass is 32.2. The van der Waals surface area contributed by atoms with E-state index in [1.807, 2.05) is 37.3 Å². The van der Waals surface area contributed by atoms with Crippen LogP contribution in [0.5, 0.6) is 0 Å². The standard InChI is InChI=1S/C15H15NO3S/c1-2-14-16(12(10-20-14)15(18)19)13(17)9-8-11-6-4-3-5-7-11/h3-7,12,14H,2,10H2,1H3,(H,18,19). The molecule has 0 spiro atoms. The van der Waals surface area contributed by atoms with Crippen molar-refractivity contribution in [2.75, 3.05) is 5.75 Å². The first-order chi connectivity index (χ1) is 9.63. The van der Waals surface area contributed by atoms with E-state index in [9.17, 15) is 14.7 Å². The zero-order valence-corrected chi connectivity index (χ0v) is 11.9. The van der Waals surface area contributed by atoms with E-state index >= 15 is 0 Å². The number of rotatable bonds is 2. The number of hydrogen-bond acceptors (Lipinski definition) is 3. The summed E-state index contributed by atoms with van der Waals surface area (Å²) in [6.45, 7) is 1.94. The molecule has 0 aliphatic carbocycles. The van der Waals surface area contributed by atoms with Crippen LogP contribution in [0, 0.1) is 11.8 Å². The van der Waals surface area contributed by atoms with Gasteiger partial charge in [0.15, 0.2) is 0 Å². The second-order valence-electron chi connectivity index (χ2n) is 4.38. The van der Waals surface area contributed by atoms with E-state index in [-0.39, 0.29) is 5.37 Å². The first-order valence-corrected chi connectivity index (χ1v) is 7.42. The second-order valence-corrected chi connectivity index (χ2v) is 5.59. The molecule has 1 heterocycles. The molecule has 1 aliphatic heterocycles. The monoisotopic (exact) mass is 289 g/mol. The molecular formula is C15H15NO3S. The van der Waals surface area contributed by atoms with Crippen molar-refractivity contribution in [1.82, 2.24) is 4.90 Å². The fraction of sp³-hybridized carbons (Fsp3) is 0.333. The fourth-order valence-electron chi connectivity index (χ4n) is 2.05. The summed E-state index contributed by atoms with van der Waals surface area (Å²) in [5.41, 5.74) is 0.743. The minimum atomic E-state index is -0.969. The summed E-state index contributed by atoms with van der Waals surface area (Å²) in [5, 5.41) is 9.07. The van der Waals surface area contributed by atoms with E-state index in [1.54, 1.807) is 0 Å². The molecular weight excluding hydrogens is 274 g/mol. The van der Waals surface area contributed by atoms with Gasteiger partial charge in [0.05, 0.1) is 5.37 Å². The van der Waals surface area contributed by atoms with Crippen molar-refractivity contribution in [3.05, 3.63) is 35.9 Å². The molecule has 5 heteroatoms. The van der Waals surface area contributed by atoms with Crippen LogP contribution in [0.15, 0.2) is 30.3 Å². The Labute approximate surface area is 122 Å². The lowest BCUT2D eigenvalue weighted by molar-refractivity contribution is -0.147. The Hall–Kier alpha value is -1.93. The lowest BCUT2D eigenvalue weighted by Crippen LogP contribution is -2.44. The summed E-state index contributed by atoms with van der Waals surface area (Å²) in [7, 11) is 0. The van der Waals surface area contributed by atoms with Gasteiger partial charge in [-0.2, -0.15) is 0 Å². The van der Waals surface area contributed by atoms with Crippen molar-refractivity contribution in [3.8, 4) is 11.8 Å². The summed E-state index contributed by atoms with van der Waals surface area (Å²) in [6, 6.07) is 8.40. The Bertz CT molecular complexity index is 561. The van der Waals surface area contributed by atoms with Gasteiger partial charge < -0.3 is 10.0 Å². The molecule has 1 aromatic rings. The number of aliphatic carboxylic acids is 1. The van der Waals surface area contributed by atoms with Crippen molar-refractivity contribution in [3.63, 3.8) is 0 Å². The number of carbonyl (C=O) groups is 2. The first-order valence-electron chi connectivity index (χ1n) is 6.37. The van der Waals surface area contributed by atoms with Crippen LogP contribution in [0.25, 0.3) is 0 Å². The minimum Gasteiger partial charge on any atom is -0.480 e. The highest BCUT2D eigenvalue weighted by molar-refractivity contribution is 8.00. The van der Waals surface area contributed by atoms with Crippen molar-refractivity contribution >= 4 is 23.6 Å². The average molecular weight is 289 g/mol. The molecule has 4 nitrogen and oxygen atoms in total. The smallest absolute Gasteiger partial charge is 0.327 e. The SMILES string of the molecule is CCC1SCC(C(=O)O)N1C(=O)C#Cc1ccccc1. The third kappa shape index (κ3) is 3.14. The number of hydrogen-bond donors (Lipinski definition) is 1. The van der Waals surface area contributed by atoms with E-state index < -0.39 is 17.9 Å². The summed E-state index contributed by atoms with van der Waals surface area (Å²) in [6.07, 6.45) is 0.715. The number of carboxylic acids is 1. The molecule has 2 unspecified atom stereocenters. The van der Waals surface area contributed by atoms with Gasteiger partial charge in [-0.15, -0.1) is 11.8 Å². The lowest BCUT2D eigenvalue weighted by Gasteiger charge is -2.24. The topological polar surface area (TPSA) is 57.6 Å². The first kappa shape index (κ1) is 14.5. The number of amides is 1. The average Bonchev–Trinajstić information content (AvgIpc) is 2.90. The van der Waals surface area contributed by atoms with Crippen LogP contribution in [0.3, 0.4) is 0 Å². The molecule has 2 rings (SSSR count). The molecule has 1 aliphatic rings. The summed E-state index contributed by atoms with van der Waals surface area (Å²) in [4.78, 5) is 24.8. The van der Waals surface area contributed by atoms with Gasteiger partial charge in [0.25, 0.3) is 0 Å². The Morgan fingerprint density at radius 2 is 2.10 bits per heavy atom. The van der Waals surface area contributed by atoms with Gasteiger partial charge in [-0.25, -0.2) is 4.79 Å². The molecule has 104 valence electrons. The van der Waals surface area contributed by atoms with Gasteiger partial charge in [0, 0.05) is 17.2 Å². The van der Waals surface area contributed by atoms with Crippen LogP contribution in [0.4, 0.5) is 0 Å². The number of carboxylic acid groups (broad SMARTS) is 1. The zero-order valence-electron chi connectivity index (χ0n) is 11.1. The molecule has 1 fully saturated rings. The fourth-order valence-corrected chi connectivity index (χ4v) is 3.40. The van der Waals surface area contributed by atoms with Crippen LogP contribution in [0.1, 0.15) is 18.9 Å². The van der Waals surface area contributed by atoms with E-state index in [0.29, 0.717) is 12.2 Å². The summed E-state index contributed by atoms with van der Waals surface area (Å²) < 4.78 is 0. The Kier molecular flexibility index (Phi) is 4.70. The third-order valence-corrected chi connectivity index (χ3v) is 4.50. The minimum absolute atomic E-state index is 0.103. The van der Waals surface area contributed by atoms with E-state index in [0.717, 1.165) is 5.56 Å². The molecule has 0 radical (unpaired) electrons. The molecule has 1 saturated heterocycles. The number of carbonyl (C=O) groups excluding carboxylic acids is 1. The van der Waals surface area contributed by atoms with Crippen LogP contribution in [-0.4, -0.2) is 39.1 Å². The van der Waals surface area contributed by atoms with Gasteiger partial charge in [0.2, 0.25) is 0 Å². The van der Waals surface area contributed by atoms with Gasteiger partial charge in [-0.1, -0.05) is 31.0 Å². The number of nitrogens with zero attached hydrogens (tertiary/aromatic N) is 1. The maximum Gasteiger partial charge on any atom is 0.327 e. The third-order valence-electron chi connectivity index (χ3n) is 3.05. The number of benzene rings is 1. The maximum absolute atomic E-state index is 12.2. The summed E-state index contributed by atoms with van der Waals surface area (Å²) in [5.74, 6) is 4.37. The van der Waals surface area contributed by atoms with Crippen LogP contribution >= 0.6 is 11.8 Å². The molecule has 0 bridgehead atoms. The Morgan fingerprint density at radius 3 is 2.70 bits per heavy atom. The van der Waals surface area contributed by atoms with Crippen LogP contribution in [-0.2, 0) is 9.59 Å². The van der Waals surface area contributed by atoms with E-state index in [1.165, 1.54) is 16.7 Å². The largest absolute Gasteiger partial charge is 0.480 e. The Morgan fingerprint density at radius 1 is 1.40 bits per heavy atom. The highest BCUT2D eigenvalue weighted by Crippen LogP contribution is 2.31. The van der Waals surface area contributed by atoms with Crippen molar-refractivity contribution in [1.29, 1.82) is 0 Å². The van der Waals surface area contributed by atoms with Crippen LogP contribution < -0.4 is 0 Å². The van der Waals surface area contributed by atoms with Crippen LogP contribution in [0.2, 0.25) is 0 Å². The van der Waals surface area contributed by atoms with Crippen molar-refractivity contribution in [2.24, 2.45) is 0 Å².